The molecule has 0 spiro atoms. The second kappa shape index (κ2) is 9.89. The fourth-order valence-corrected chi connectivity index (χ4v) is 4.48. The molecule has 2 heterocycles. The Morgan fingerprint density at radius 3 is 2.44 bits per heavy atom. The molecule has 2 aromatic carbocycles. The number of benzene rings is 2. The lowest BCUT2D eigenvalue weighted by molar-refractivity contribution is -0.160. The number of likely N-dealkylation sites (N-methyl/N-ethyl adjacent to an activating group) is 1. The summed E-state index contributed by atoms with van der Waals surface area (Å²) in [7, 11) is 0. The van der Waals surface area contributed by atoms with Crippen molar-refractivity contribution in [2.45, 2.75) is 32.1 Å². The van der Waals surface area contributed by atoms with Gasteiger partial charge < -0.3 is 10.2 Å². The van der Waals surface area contributed by atoms with E-state index in [1.165, 1.54) is 18.2 Å². The largest absolute Gasteiger partial charge is 0.451 e. The Balaban J connectivity index is 1.66. The second-order valence-electron chi connectivity index (χ2n) is 8.08. The molecule has 2 aliphatic heterocycles. The van der Waals surface area contributed by atoms with Crippen molar-refractivity contribution in [2.75, 3.05) is 13.2 Å². The molecule has 0 aliphatic carbocycles. The molecule has 0 bridgehead atoms. The molecular formula is C23H19Cl2F4N3O4. The third-order valence-corrected chi connectivity index (χ3v) is 6.28. The first-order valence-corrected chi connectivity index (χ1v) is 11.4. The van der Waals surface area contributed by atoms with E-state index < -0.39 is 45.8 Å². The number of allylic oxidation sites excluding steroid dienone is 1. The summed E-state index contributed by atoms with van der Waals surface area (Å²) in [5.41, 5.74) is 2.88. The van der Waals surface area contributed by atoms with Crippen molar-refractivity contribution < 1.29 is 36.8 Å². The number of nitrogens with one attached hydrogen (secondary N) is 2. The number of nitrogens with zero attached hydrogens (tertiary/aromatic N) is 1. The Hall–Kier alpha value is -2.86. The van der Waals surface area contributed by atoms with Gasteiger partial charge in [0.1, 0.15) is 12.6 Å². The molecule has 7 nitrogen and oxygen atoms in total. The van der Waals surface area contributed by atoms with Gasteiger partial charge >= 0.3 is 6.18 Å². The Bertz CT molecular complexity index is 1250. The molecule has 36 heavy (non-hydrogen) atoms. The topological polar surface area (TPSA) is 79.9 Å². The standard InChI is InChI=1S/C23H19Cl2F4N3O4/c1-3-32-22(34)16(9-35-32)30-21(33)13-5-4-11(6-10(13)2)19-17(20(36-31-19)23(27,28)29)12-7-14(24)18(26)15(25)8-12/h4-8,16,19,31H,3,9H2,1-2H3,(H,30,33)/t16-,19+/m1/s1. The summed E-state index contributed by atoms with van der Waals surface area (Å²) in [4.78, 5) is 35.0. The minimum atomic E-state index is -4.87. The summed E-state index contributed by atoms with van der Waals surface area (Å²) in [5, 5.41) is 2.84. The third-order valence-electron chi connectivity index (χ3n) is 5.73. The highest BCUT2D eigenvalue weighted by atomic mass is 35.5. The SMILES string of the molecule is CCN1OC[C@@H](NC(=O)c2ccc([C@@H]3NOC(C(F)(F)F)=C3c3cc(Cl)c(F)c(Cl)c3)cc2C)C1=O. The fraction of sp³-hybridized carbons (Fsp3) is 0.304. The number of halogens is 6. The molecule has 2 aliphatic rings. The van der Waals surface area contributed by atoms with Gasteiger partial charge in [0.25, 0.3) is 11.8 Å². The van der Waals surface area contributed by atoms with Crippen molar-refractivity contribution in [3.05, 3.63) is 74.2 Å². The number of rotatable bonds is 5. The smallest absolute Gasteiger partial charge is 0.402 e. The number of carbonyl (C=O) groups is 2. The molecular weight excluding hydrogens is 529 g/mol. The summed E-state index contributed by atoms with van der Waals surface area (Å²) >= 11 is 11.7. The minimum Gasteiger partial charge on any atom is -0.402 e. The van der Waals surface area contributed by atoms with Crippen LogP contribution in [0.1, 0.15) is 40.0 Å². The first kappa shape index (κ1) is 26.2. The average molecular weight is 548 g/mol. The van der Waals surface area contributed by atoms with E-state index >= 15 is 0 Å². The third kappa shape index (κ3) is 4.88. The maximum absolute atomic E-state index is 13.9. The number of hydroxylamine groups is 3. The zero-order valence-electron chi connectivity index (χ0n) is 18.8. The molecule has 0 radical (unpaired) electrons. The van der Waals surface area contributed by atoms with E-state index in [2.05, 4.69) is 10.8 Å². The normalized spacial score (nSPS) is 20.2. The average Bonchev–Trinajstić information content (AvgIpc) is 3.41. The van der Waals surface area contributed by atoms with Crippen LogP contribution in [-0.4, -0.2) is 42.2 Å². The predicted octanol–water partition coefficient (Wildman–Crippen LogP) is 4.88. The van der Waals surface area contributed by atoms with Crippen LogP contribution >= 0.6 is 23.2 Å². The number of aryl methyl sites for hydroxylation is 1. The molecule has 13 heteroatoms. The van der Waals surface area contributed by atoms with E-state index in [9.17, 15) is 27.2 Å². The van der Waals surface area contributed by atoms with E-state index in [-0.39, 0.29) is 29.2 Å². The zero-order chi connectivity index (χ0) is 26.4. The van der Waals surface area contributed by atoms with E-state index in [1.54, 1.807) is 13.8 Å². The Morgan fingerprint density at radius 2 is 1.89 bits per heavy atom. The number of alkyl halides is 3. The van der Waals surface area contributed by atoms with Crippen molar-refractivity contribution >= 4 is 40.6 Å². The van der Waals surface area contributed by atoms with Gasteiger partial charge in [-0.1, -0.05) is 35.3 Å². The molecule has 2 atom stereocenters. The molecule has 2 N–H and O–H groups in total. The lowest BCUT2D eigenvalue weighted by Gasteiger charge is -2.17. The van der Waals surface area contributed by atoms with E-state index in [1.807, 2.05) is 0 Å². The summed E-state index contributed by atoms with van der Waals surface area (Å²) in [5.74, 6) is -3.21. The quantitative estimate of drug-likeness (QED) is 0.412. The van der Waals surface area contributed by atoms with Crippen molar-refractivity contribution in [1.82, 2.24) is 15.9 Å². The molecule has 0 saturated carbocycles. The summed E-state index contributed by atoms with van der Waals surface area (Å²) in [6.07, 6.45) is -4.87. The lowest BCUT2D eigenvalue weighted by atomic mass is 9.91. The molecule has 0 unspecified atom stereocenters. The molecule has 2 amide bonds. The lowest BCUT2D eigenvalue weighted by Crippen LogP contribution is -2.42. The van der Waals surface area contributed by atoms with Gasteiger partial charge in [-0.05, 0) is 48.7 Å². The Morgan fingerprint density at radius 1 is 1.22 bits per heavy atom. The van der Waals surface area contributed by atoms with Crippen LogP contribution in [0.25, 0.3) is 5.57 Å². The first-order chi connectivity index (χ1) is 16.9. The van der Waals surface area contributed by atoms with Gasteiger partial charge in [0, 0.05) is 17.7 Å². The molecule has 192 valence electrons. The van der Waals surface area contributed by atoms with Gasteiger partial charge in [-0.15, -0.1) is 5.48 Å². The minimum absolute atomic E-state index is 0.00393. The van der Waals surface area contributed by atoms with Gasteiger partial charge in [0.05, 0.1) is 16.1 Å². The Kier molecular flexibility index (Phi) is 7.20. The van der Waals surface area contributed by atoms with Crippen LogP contribution in [0, 0.1) is 12.7 Å². The van der Waals surface area contributed by atoms with Gasteiger partial charge in [-0.25, -0.2) is 9.45 Å². The van der Waals surface area contributed by atoms with Gasteiger partial charge in [0.15, 0.2) is 5.82 Å². The first-order valence-electron chi connectivity index (χ1n) is 10.7. The maximum Gasteiger partial charge on any atom is 0.451 e. The van der Waals surface area contributed by atoms with Crippen LogP contribution in [0.5, 0.6) is 0 Å². The maximum atomic E-state index is 13.9. The summed E-state index contributed by atoms with van der Waals surface area (Å²) < 4.78 is 55.1. The summed E-state index contributed by atoms with van der Waals surface area (Å²) in [6, 6.07) is 4.45. The highest BCUT2D eigenvalue weighted by Crippen LogP contribution is 2.45. The van der Waals surface area contributed by atoms with Crippen molar-refractivity contribution in [3.8, 4) is 0 Å². The summed E-state index contributed by atoms with van der Waals surface area (Å²) in [6.45, 7) is 3.65. The monoisotopic (exact) mass is 547 g/mol. The van der Waals surface area contributed by atoms with Gasteiger partial charge in [0.2, 0.25) is 5.76 Å². The molecule has 4 rings (SSSR count). The van der Waals surface area contributed by atoms with Crippen molar-refractivity contribution in [2.24, 2.45) is 0 Å². The van der Waals surface area contributed by atoms with Gasteiger partial charge in [-0.3, -0.25) is 14.4 Å². The van der Waals surface area contributed by atoms with Crippen LogP contribution in [0.15, 0.2) is 36.1 Å². The predicted molar refractivity (Wildman–Crippen MR) is 122 cm³/mol. The number of hydrogen-bond donors (Lipinski definition) is 2. The highest BCUT2D eigenvalue weighted by molar-refractivity contribution is 6.35. The zero-order valence-corrected chi connectivity index (χ0v) is 20.3. The van der Waals surface area contributed by atoms with Crippen LogP contribution in [0.2, 0.25) is 10.0 Å². The van der Waals surface area contributed by atoms with Crippen LogP contribution in [-0.2, 0) is 14.5 Å². The second-order valence-corrected chi connectivity index (χ2v) is 8.89. The van der Waals surface area contributed by atoms with Crippen LogP contribution in [0.4, 0.5) is 17.6 Å². The number of carbonyl (C=O) groups excluding carboxylic acids is 2. The van der Waals surface area contributed by atoms with Crippen molar-refractivity contribution in [3.63, 3.8) is 0 Å². The van der Waals surface area contributed by atoms with Crippen LogP contribution < -0.4 is 10.8 Å². The van der Waals surface area contributed by atoms with Gasteiger partial charge in [-0.2, -0.15) is 13.2 Å². The molecule has 1 fully saturated rings. The van der Waals surface area contributed by atoms with E-state index in [0.717, 1.165) is 17.2 Å². The molecule has 1 saturated heterocycles. The Labute approximate surface area is 212 Å². The fourth-order valence-electron chi connectivity index (χ4n) is 4.00. The highest BCUT2D eigenvalue weighted by Gasteiger charge is 2.46. The van der Waals surface area contributed by atoms with Crippen molar-refractivity contribution in [1.29, 1.82) is 0 Å². The van der Waals surface area contributed by atoms with E-state index in [4.69, 9.17) is 32.9 Å². The molecule has 2 aromatic rings. The number of amides is 2. The van der Waals surface area contributed by atoms with Crippen LogP contribution in [0.3, 0.4) is 0 Å². The number of hydrogen-bond acceptors (Lipinski definition) is 5. The molecule has 0 aromatic heterocycles. The van der Waals surface area contributed by atoms with E-state index in [0.29, 0.717) is 17.7 Å².